The van der Waals surface area contributed by atoms with E-state index in [4.69, 9.17) is 20.9 Å². The Balaban J connectivity index is 0.00000338. The maximum absolute atomic E-state index is 12.5. The van der Waals surface area contributed by atoms with Crippen molar-refractivity contribution in [1.29, 1.82) is 0 Å². The zero-order chi connectivity index (χ0) is 18.3. The summed E-state index contributed by atoms with van der Waals surface area (Å²) in [6, 6.07) is 5.02. The summed E-state index contributed by atoms with van der Waals surface area (Å²) in [5.41, 5.74) is 11.5. The molecular weight excluding hydrogens is 358 g/mol. The van der Waals surface area contributed by atoms with Crippen molar-refractivity contribution in [3.63, 3.8) is 0 Å². The number of methoxy groups -OCH3 is 1. The second-order valence-corrected chi connectivity index (χ2v) is 6.61. The van der Waals surface area contributed by atoms with Gasteiger partial charge < -0.3 is 26.3 Å². The van der Waals surface area contributed by atoms with E-state index in [1.54, 1.807) is 18.2 Å². The highest BCUT2D eigenvalue weighted by Gasteiger charge is 2.33. The van der Waals surface area contributed by atoms with Crippen LogP contribution in [0.15, 0.2) is 18.2 Å². The number of ether oxygens (including phenoxy) is 2. The van der Waals surface area contributed by atoms with Crippen LogP contribution in [0.25, 0.3) is 0 Å². The van der Waals surface area contributed by atoms with E-state index in [9.17, 15) is 9.59 Å². The Labute approximate surface area is 160 Å². The normalized spacial score (nSPS) is 15.5. The van der Waals surface area contributed by atoms with Gasteiger partial charge in [-0.1, -0.05) is 19.3 Å². The Morgan fingerprint density at radius 3 is 2.46 bits per heavy atom. The fourth-order valence-electron chi connectivity index (χ4n) is 3.32. The molecule has 1 aromatic rings. The van der Waals surface area contributed by atoms with Gasteiger partial charge in [0.1, 0.15) is 0 Å². The number of primary amides is 1. The van der Waals surface area contributed by atoms with Crippen LogP contribution < -0.4 is 26.3 Å². The smallest absolute Gasteiger partial charge is 0.255 e. The van der Waals surface area contributed by atoms with E-state index >= 15 is 0 Å². The molecular formula is C18H28ClN3O4. The van der Waals surface area contributed by atoms with Crippen molar-refractivity contribution in [3.05, 3.63) is 18.2 Å². The van der Waals surface area contributed by atoms with Gasteiger partial charge in [-0.15, -0.1) is 12.4 Å². The minimum atomic E-state index is -0.585. The number of carbonyl (C=O) groups excluding carboxylic acids is 2. The van der Waals surface area contributed by atoms with Gasteiger partial charge >= 0.3 is 0 Å². The Morgan fingerprint density at radius 1 is 1.19 bits per heavy atom. The van der Waals surface area contributed by atoms with E-state index in [2.05, 4.69) is 5.32 Å². The van der Waals surface area contributed by atoms with E-state index in [0.717, 1.165) is 25.7 Å². The summed E-state index contributed by atoms with van der Waals surface area (Å²) in [4.78, 5) is 23.4. The number of benzene rings is 1. The average Bonchev–Trinajstić information content (AvgIpc) is 2.60. The first kappa shape index (κ1) is 22.1. The van der Waals surface area contributed by atoms with Crippen LogP contribution in [0.3, 0.4) is 0 Å². The molecule has 26 heavy (non-hydrogen) atoms. The van der Waals surface area contributed by atoms with E-state index < -0.39 is 5.91 Å². The van der Waals surface area contributed by atoms with Crippen molar-refractivity contribution in [2.75, 3.05) is 25.6 Å². The van der Waals surface area contributed by atoms with Crippen molar-refractivity contribution in [1.82, 2.24) is 0 Å². The van der Waals surface area contributed by atoms with Crippen LogP contribution in [-0.4, -0.2) is 32.1 Å². The third-order valence-electron chi connectivity index (χ3n) is 4.70. The molecule has 1 aliphatic rings. The second-order valence-electron chi connectivity index (χ2n) is 6.61. The standard InChI is InChI=1S/C18H27N3O4.ClH/c1-24-14-6-5-13(9-15(14)25-11-16(20)22)21-17(23)10-18(12-19)7-3-2-4-8-18;/h5-6,9H,2-4,7-8,10-12,19H2,1H3,(H2,20,22)(H,21,23);1H. The topological polar surface area (TPSA) is 117 Å². The van der Waals surface area contributed by atoms with E-state index in [1.807, 2.05) is 0 Å². The lowest BCUT2D eigenvalue weighted by Gasteiger charge is -2.35. The monoisotopic (exact) mass is 385 g/mol. The van der Waals surface area contributed by atoms with Gasteiger partial charge in [0, 0.05) is 18.2 Å². The average molecular weight is 386 g/mol. The Bertz CT molecular complexity index is 618. The minimum absolute atomic E-state index is 0. The molecule has 0 atom stereocenters. The summed E-state index contributed by atoms with van der Waals surface area (Å²) in [5.74, 6) is 0.160. The van der Waals surface area contributed by atoms with Gasteiger partial charge in [0.15, 0.2) is 18.1 Å². The van der Waals surface area contributed by atoms with Gasteiger partial charge in [-0.05, 0) is 36.9 Å². The lowest BCUT2D eigenvalue weighted by atomic mass is 9.71. The van der Waals surface area contributed by atoms with E-state index in [1.165, 1.54) is 13.5 Å². The van der Waals surface area contributed by atoms with Gasteiger partial charge in [0.2, 0.25) is 5.91 Å². The third-order valence-corrected chi connectivity index (χ3v) is 4.70. The summed E-state index contributed by atoms with van der Waals surface area (Å²) >= 11 is 0. The maximum atomic E-state index is 12.5. The van der Waals surface area contributed by atoms with Crippen LogP contribution in [0.4, 0.5) is 5.69 Å². The molecule has 2 amide bonds. The van der Waals surface area contributed by atoms with Crippen LogP contribution in [0.2, 0.25) is 0 Å². The molecule has 0 bridgehead atoms. The lowest BCUT2D eigenvalue weighted by Crippen LogP contribution is -2.36. The number of anilines is 1. The molecule has 7 nitrogen and oxygen atoms in total. The molecule has 0 saturated heterocycles. The lowest BCUT2D eigenvalue weighted by molar-refractivity contribution is -0.120. The number of nitrogens with two attached hydrogens (primary N) is 2. The Hall–Kier alpha value is -1.99. The molecule has 0 unspecified atom stereocenters. The van der Waals surface area contributed by atoms with Gasteiger partial charge in [-0.3, -0.25) is 9.59 Å². The zero-order valence-electron chi connectivity index (χ0n) is 15.1. The summed E-state index contributed by atoms with van der Waals surface area (Å²) in [6.45, 7) is 0.264. The first-order valence-corrected chi connectivity index (χ1v) is 8.57. The molecule has 5 N–H and O–H groups in total. The molecule has 1 aromatic carbocycles. The number of rotatable bonds is 8. The Morgan fingerprint density at radius 2 is 1.88 bits per heavy atom. The molecule has 2 rings (SSSR count). The van der Waals surface area contributed by atoms with Gasteiger partial charge in [-0.25, -0.2) is 0 Å². The summed E-state index contributed by atoms with van der Waals surface area (Å²) in [6.07, 6.45) is 5.85. The summed E-state index contributed by atoms with van der Waals surface area (Å²) in [5, 5.41) is 2.88. The zero-order valence-corrected chi connectivity index (χ0v) is 15.9. The maximum Gasteiger partial charge on any atom is 0.255 e. The number of hydrogen-bond acceptors (Lipinski definition) is 5. The number of nitrogens with one attached hydrogen (secondary N) is 1. The first-order chi connectivity index (χ1) is 12.0. The largest absolute Gasteiger partial charge is 0.493 e. The van der Waals surface area contributed by atoms with Crippen LogP contribution in [0.5, 0.6) is 11.5 Å². The molecule has 8 heteroatoms. The van der Waals surface area contributed by atoms with Crippen LogP contribution >= 0.6 is 12.4 Å². The van der Waals surface area contributed by atoms with Crippen LogP contribution in [-0.2, 0) is 9.59 Å². The number of carbonyl (C=O) groups is 2. The third kappa shape index (κ3) is 6.07. The predicted molar refractivity (Wildman–Crippen MR) is 103 cm³/mol. The number of halogens is 1. The number of amides is 2. The first-order valence-electron chi connectivity index (χ1n) is 8.57. The molecule has 146 valence electrons. The van der Waals surface area contributed by atoms with Gasteiger partial charge in [-0.2, -0.15) is 0 Å². The van der Waals surface area contributed by atoms with Crippen molar-refractivity contribution in [2.45, 2.75) is 38.5 Å². The molecule has 1 saturated carbocycles. The SMILES string of the molecule is COc1ccc(NC(=O)CC2(CN)CCCCC2)cc1OCC(N)=O.Cl. The van der Waals surface area contributed by atoms with E-state index in [0.29, 0.717) is 30.2 Å². The summed E-state index contributed by atoms with van der Waals surface area (Å²) in [7, 11) is 1.50. The molecule has 0 aliphatic heterocycles. The van der Waals surface area contributed by atoms with Crippen molar-refractivity contribution in [3.8, 4) is 11.5 Å². The fourth-order valence-corrected chi connectivity index (χ4v) is 3.32. The van der Waals surface area contributed by atoms with Gasteiger partial charge in [0.05, 0.1) is 7.11 Å². The molecule has 0 heterocycles. The molecule has 0 spiro atoms. The predicted octanol–water partition coefficient (Wildman–Crippen LogP) is 2.22. The fraction of sp³-hybridized carbons (Fsp3) is 0.556. The number of hydrogen-bond donors (Lipinski definition) is 3. The van der Waals surface area contributed by atoms with Crippen molar-refractivity contribution in [2.24, 2.45) is 16.9 Å². The van der Waals surface area contributed by atoms with Crippen LogP contribution in [0, 0.1) is 5.41 Å². The quantitative estimate of drug-likeness (QED) is 0.634. The highest BCUT2D eigenvalue weighted by Crippen LogP contribution is 2.38. The van der Waals surface area contributed by atoms with E-state index in [-0.39, 0.29) is 30.3 Å². The summed E-state index contributed by atoms with van der Waals surface area (Å²) < 4.78 is 10.5. The molecule has 0 aromatic heterocycles. The van der Waals surface area contributed by atoms with Gasteiger partial charge in [0.25, 0.3) is 5.91 Å². The molecule has 1 fully saturated rings. The minimum Gasteiger partial charge on any atom is -0.493 e. The van der Waals surface area contributed by atoms with Crippen LogP contribution in [0.1, 0.15) is 38.5 Å². The molecule has 0 radical (unpaired) electrons. The highest BCUT2D eigenvalue weighted by atomic mass is 35.5. The van der Waals surface area contributed by atoms with Crippen molar-refractivity contribution >= 4 is 29.9 Å². The second kappa shape index (κ2) is 10.2. The van der Waals surface area contributed by atoms with Crippen molar-refractivity contribution < 1.29 is 19.1 Å². The molecule has 1 aliphatic carbocycles. The Kier molecular flexibility index (Phi) is 8.68. The highest BCUT2D eigenvalue weighted by molar-refractivity contribution is 5.91.